The molecule has 0 unspecified atom stereocenters. The molecule has 0 heterocycles. The summed E-state index contributed by atoms with van der Waals surface area (Å²) in [5.74, 6) is -2.27. The van der Waals surface area contributed by atoms with Gasteiger partial charge in [0.15, 0.2) is 5.78 Å². The highest BCUT2D eigenvalue weighted by Crippen LogP contribution is 2.35. The van der Waals surface area contributed by atoms with Gasteiger partial charge < -0.3 is 0 Å². The highest BCUT2D eigenvalue weighted by atomic mass is 19.4. The van der Waals surface area contributed by atoms with Crippen LogP contribution in [0.2, 0.25) is 0 Å². The Labute approximate surface area is 95.4 Å². The Kier molecular flexibility index (Phi) is 2.93. The Bertz CT molecular complexity index is 446. The molecular formula is C12H10F4O. The molecule has 0 spiro atoms. The van der Waals surface area contributed by atoms with Crippen LogP contribution in [-0.4, -0.2) is 5.78 Å². The van der Waals surface area contributed by atoms with Crippen LogP contribution in [-0.2, 0) is 6.18 Å². The van der Waals surface area contributed by atoms with Gasteiger partial charge in [-0.3, -0.25) is 4.79 Å². The molecule has 0 saturated heterocycles. The van der Waals surface area contributed by atoms with Crippen molar-refractivity contribution in [3.63, 3.8) is 0 Å². The molecular weight excluding hydrogens is 236 g/mol. The lowest BCUT2D eigenvalue weighted by molar-refractivity contribution is -0.140. The largest absolute Gasteiger partial charge is 0.419 e. The summed E-state index contributed by atoms with van der Waals surface area (Å²) in [5.41, 5.74) is -1.81. The monoisotopic (exact) mass is 246 g/mol. The lowest BCUT2D eigenvalue weighted by Gasteiger charge is -2.24. The zero-order valence-electron chi connectivity index (χ0n) is 8.85. The van der Waals surface area contributed by atoms with E-state index in [4.69, 9.17) is 0 Å². The summed E-state index contributed by atoms with van der Waals surface area (Å²) >= 11 is 0. The van der Waals surface area contributed by atoms with E-state index in [1.165, 1.54) is 0 Å². The Morgan fingerprint density at radius 1 is 1.24 bits per heavy atom. The molecule has 1 aromatic rings. The third-order valence-electron chi connectivity index (χ3n) is 3.05. The Balaban J connectivity index is 2.38. The van der Waals surface area contributed by atoms with Crippen molar-refractivity contribution in [2.24, 2.45) is 5.92 Å². The third-order valence-corrected chi connectivity index (χ3v) is 3.05. The zero-order chi connectivity index (χ0) is 12.6. The molecule has 0 atom stereocenters. The van der Waals surface area contributed by atoms with Crippen LogP contribution in [0.4, 0.5) is 17.6 Å². The van der Waals surface area contributed by atoms with Gasteiger partial charge in [0.1, 0.15) is 5.82 Å². The molecule has 1 aliphatic carbocycles. The maximum absolute atomic E-state index is 13.6. The highest BCUT2D eigenvalue weighted by Gasteiger charge is 2.37. The van der Waals surface area contributed by atoms with Crippen molar-refractivity contribution >= 4 is 5.78 Å². The summed E-state index contributed by atoms with van der Waals surface area (Å²) in [4.78, 5) is 11.7. The molecule has 1 aromatic carbocycles. The number of alkyl halides is 3. The van der Waals surface area contributed by atoms with Gasteiger partial charge in [-0.2, -0.15) is 13.2 Å². The molecule has 1 fully saturated rings. The molecule has 1 nitrogen and oxygen atoms in total. The highest BCUT2D eigenvalue weighted by molar-refractivity contribution is 5.98. The van der Waals surface area contributed by atoms with E-state index >= 15 is 0 Å². The molecule has 1 saturated carbocycles. The van der Waals surface area contributed by atoms with E-state index in [0.717, 1.165) is 18.6 Å². The van der Waals surface area contributed by atoms with Gasteiger partial charge in [0.25, 0.3) is 0 Å². The van der Waals surface area contributed by atoms with E-state index in [1.807, 2.05) is 0 Å². The van der Waals surface area contributed by atoms with Gasteiger partial charge in [-0.15, -0.1) is 0 Å². The maximum Gasteiger partial charge on any atom is 0.419 e. The topological polar surface area (TPSA) is 17.1 Å². The molecule has 92 valence electrons. The van der Waals surface area contributed by atoms with Crippen molar-refractivity contribution in [3.8, 4) is 0 Å². The first-order valence-electron chi connectivity index (χ1n) is 5.31. The lowest BCUT2D eigenvalue weighted by Crippen LogP contribution is -2.24. The minimum Gasteiger partial charge on any atom is -0.294 e. The molecule has 0 N–H and O–H groups in total. The molecule has 0 bridgehead atoms. The van der Waals surface area contributed by atoms with Gasteiger partial charge in [-0.25, -0.2) is 4.39 Å². The van der Waals surface area contributed by atoms with Crippen molar-refractivity contribution < 1.29 is 22.4 Å². The van der Waals surface area contributed by atoms with Crippen molar-refractivity contribution in [2.75, 3.05) is 0 Å². The normalized spacial score (nSPS) is 16.7. The minimum atomic E-state index is -4.76. The Morgan fingerprint density at radius 3 is 2.35 bits per heavy atom. The number of halogens is 4. The van der Waals surface area contributed by atoms with E-state index in [1.54, 1.807) is 0 Å². The number of carbonyl (C=O) groups is 1. The predicted molar refractivity (Wildman–Crippen MR) is 53.1 cm³/mol. The number of Topliss-reactive ketones (excluding diaryl/α,β-unsaturated/α-hetero) is 1. The SMILES string of the molecule is O=C(c1cccc(C(F)(F)F)c1F)C1CCC1. The fourth-order valence-corrected chi connectivity index (χ4v) is 1.83. The van der Waals surface area contributed by atoms with Gasteiger partial charge in [0, 0.05) is 5.92 Å². The van der Waals surface area contributed by atoms with E-state index in [2.05, 4.69) is 0 Å². The van der Waals surface area contributed by atoms with Crippen molar-refractivity contribution in [3.05, 3.63) is 35.1 Å². The van der Waals surface area contributed by atoms with E-state index in [0.29, 0.717) is 18.9 Å². The van der Waals surface area contributed by atoms with Gasteiger partial charge >= 0.3 is 6.18 Å². The molecule has 0 aromatic heterocycles. The number of hydrogen-bond donors (Lipinski definition) is 0. The number of ketones is 1. The second kappa shape index (κ2) is 4.13. The maximum atomic E-state index is 13.6. The molecule has 1 aliphatic rings. The number of rotatable bonds is 2. The number of hydrogen-bond acceptors (Lipinski definition) is 1. The van der Waals surface area contributed by atoms with Gasteiger partial charge in [0.2, 0.25) is 0 Å². The van der Waals surface area contributed by atoms with Crippen molar-refractivity contribution in [2.45, 2.75) is 25.4 Å². The van der Waals surface area contributed by atoms with Crippen LogP contribution in [0.15, 0.2) is 18.2 Å². The van der Waals surface area contributed by atoms with Gasteiger partial charge in [-0.05, 0) is 25.0 Å². The summed E-state index contributed by atoms with van der Waals surface area (Å²) in [6, 6.07) is 2.83. The second-order valence-corrected chi connectivity index (χ2v) is 4.16. The standard InChI is InChI=1S/C12H10F4O/c13-10-8(11(17)7-3-1-4-7)5-2-6-9(10)12(14,15)16/h2,5-7H,1,3-4H2. The average Bonchev–Trinajstić information content (AvgIpc) is 2.13. The Hall–Kier alpha value is -1.39. The summed E-state index contributed by atoms with van der Waals surface area (Å²) < 4.78 is 50.9. The first-order chi connectivity index (χ1) is 7.91. The van der Waals surface area contributed by atoms with E-state index < -0.39 is 28.9 Å². The smallest absolute Gasteiger partial charge is 0.294 e. The van der Waals surface area contributed by atoms with Crippen molar-refractivity contribution in [1.82, 2.24) is 0 Å². The summed E-state index contributed by atoms with van der Waals surface area (Å²) in [7, 11) is 0. The van der Waals surface area contributed by atoms with Gasteiger partial charge in [0.05, 0.1) is 11.1 Å². The summed E-state index contributed by atoms with van der Waals surface area (Å²) in [6.45, 7) is 0. The first kappa shape index (κ1) is 12.1. The van der Waals surface area contributed by atoms with E-state index in [9.17, 15) is 22.4 Å². The third kappa shape index (κ3) is 2.18. The van der Waals surface area contributed by atoms with Crippen LogP contribution in [0.5, 0.6) is 0 Å². The quantitative estimate of drug-likeness (QED) is 0.572. The molecule has 5 heteroatoms. The molecule has 0 radical (unpaired) electrons. The molecule has 17 heavy (non-hydrogen) atoms. The fourth-order valence-electron chi connectivity index (χ4n) is 1.83. The summed E-state index contributed by atoms with van der Waals surface area (Å²) in [5, 5.41) is 0. The number of benzene rings is 1. The molecule has 2 rings (SSSR count). The predicted octanol–water partition coefficient (Wildman–Crippen LogP) is 3.83. The lowest BCUT2D eigenvalue weighted by atomic mass is 9.79. The Morgan fingerprint density at radius 2 is 1.88 bits per heavy atom. The van der Waals surface area contributed by atoms with Crippen LogP contribution in [0.1, 0.15) is 35.2 Å². The average molecular weight is 246 g/mol. The van der Waals surface area contributed by atoms with Crippen LogP contribution in [0, 0.1) is 11.7 Å². The minimum absolute atomic E-state index is 0.312. The first-order valence-corrected chi connectivity index (χ1v) is 5.31. The van der Waals surface area contributed by atoms with Crippen molar-refractivity contribution in [1.29, 1.82) is 0 Å². The number of carbonyl (C=O) groups excluding carboxylic acids is 1. The molecule has 0 amide bonds. The van der Waals surface area contributed by atoms with E-state index in [-0.39, 0.29) is 5.92 Å². The van der Waals surface area contributed by atoms with Gasteiger partial charge in [-0.1, -0.05) is 12.5 Å². The van der Waals surface area contributed by atoms with Crippen LogP contribution in [0.3, 0.4) is 0 Å². The second-order valence-electron chi connectivity index (χ2n) is 4.16. The summed E-state index contributed by atoms with van der Waals surface area (Å²) in [6.07, 6.45) is -2.62. The molecule has 0 aliphatic heterocycles. The van der Waals surface area contributed by atoms with Crippen LogP contribution < -0.4 is 0 Å². The van der Waals surface area contributed by atoms with Crippen LogP contribution in [0.25, 0.3) is 0 Å². The zero-order valence-corrected chi connectivity index (χ0v) is 8.85. The fraction of sp³-hybridized carbons (Fsp3) is 0.417. The van der Waals surface area contributed by atoms with Crippen LogP contribution >= 0.6 is 0 Å².